The lowest BCUT2D eigenvalue weighted by Crippen LogP contribution is -2.44. The summed E-state index contributed by atoms with van der Waals surface area (Å²) in [5.41, 5.74) is 0.628. The first-order valence-corrected chi connectivity index (χ1v) is 6.21. The topological polar surface area (TPSA) is 79.3 Å². The van der Waals surface area contributed by atoms with E-state index >= 15 is 0 Å². The van der Waals surface area contributed by atoms with Gasteiger partial charge in [-0.25, -0.2) is 4.79 Å². The van der Waals surface area contributed by atoms with Crippen molar-refractivity contribution >= 4 is 24.5 Å². The third kappa shape index (κ3) is 4.37. The van der Waals surface area contributed by atoms with E-state index in [9.17, 15) is 9.59 Å². The van der Waals surface area contributed by atoms with E-state index < -0.39 is 12.0 Å². The van der Waals surface area contributed by atoms with Gasteiger partial charge in [0.25, 0.3) is 0 Å². The zero-order chi connectivity index (χ0) is 13.5. The number of carbonyl (C=O) groups is 2. The molecule has 0 bridgehead atoms. The summed E-state index contributed by atoms with van der Waals surface area (Å²) in [4.78, 5) is 26.8. The number of hydrogen-bond donors (Lipinski definition) is 3. The highest BCUT2D eigenvalue weighted by Crippen LogP contribution is 2.03. The summed E-state index contributed by atoms with van der Waals surface area (Å²) >= 11 is 4.01. The lowest BCUT2D eigenvalue weighted by atomic mass is 10.1. The molecule has 2 N–H and O–H groups in total. The molecule has 0 aliphatic rings. The van der Waals surface area contributed by atoms with E-state index in [2.05, 4.69) is 22.9 Å². The predicted molar refractivity (Wildman–Crippen MR) is 70.5 cm³/mol. The Morgan fingerprint density at radius 1 is 1.50 bits per heavy atom. The van der Waals surface area contributed by atoms with Gasteiger partial charge in [0, 0.05) is 30.0 Å². The Bertz CT molecular complexity index is 411. The molecular weight excluding hydrogens is 252 g/mol. The highest BCUT2D eigenvalue weighted by atomic mass is 32.1. The van der Waals surface area contributed by atoms with Crippen LogP contribution in [0.5, 0.6) is 0 Å². The summed E-state index contributed by atoms with van der Waals surface area (Å²) in [7, 11) is 0. The molecule has 0 aliphatic carbocycles. The van der Waals surface area contributed by atoms with Gasteiger partial charge in [-0.3, -0.25) is 9.78 Å². The summed E-state index contributed by atoms with van der Waals surface area (Å²) in [6.07, 6.45) is 1.76. The molecule has 0 saturated heterocycles. The van der Waals surface area contributed by atoms with E-state index in [1.54, 1.807) is 31.3 Å². The molecule has 5 nitrogen and oxygen atoms in total. The molecule has 6 heteroatoms. The Hall–Kier alpha value is -1.56. The summed E-state index contributed by atoms with van der Waals surface area (Å²) < 4.78 is 0. The van der Waals surface area contributed by atoms with Crippen molar-refractivity contribution in [2.75, 3.05) is 5.75 Å². The number of aliphatic carboxylic acids is 1. The number of thiol groups is 1. The summed E-state index contributed by atoms with van der Waals surface area (Å²) in [6, 6.07) is 4.29. The molecule has 0 spiro atoms. The van der Waals surface area contributed by atoms with E-state index in [0.29, 0.717) is 11.4 Å². The number of hydrogen-bond acceptors (Lipinski definition) is 4. The molecule has 2 unspecified atom stereocenters. The third-order valence-electron chi connectivity index (χ3n) is 2.48. The van der Waals surface area contributed by atoms with E-state index in [1.165, 1.54) is 0 Å². The van der Waals surface area contributed by atoms with Crippen LogP contribution in [0.15, 0.2) is 24.4 Å². The van der Waals surface area contributed by atoms with Crippen molar-refractivity contribution in [1.82, 2.24) is 10.3 Å². The summed E-state index contributed by atoms with van der Waals surface area (Å²) in [5, 5.41) is 11.6. The lowest BCUT2D eigenvalue weighted by Gasteiger charge is -2.16. The van der Waals surface area contributed by atoms with Crippen LogP contribution < -0.4 is 5.32 Å². The standard InChI is InChI=1S/C12H16N2O3S/c1-8(7-18)11(15)14-10(12(16)17)6-9-4-2-3-5-13-9/h2-5,8,10,18H,6-7H2,1H3,(H,14,15)(H,16,17). The summed E-state index contributed by atoms with van der Waals surface area (Å²) in [6.45, 7) is 1.70. The van der Waals surface area contributed by atoms with E-state index in [1.807, 2.05) is 0 Å². The Kier molecular flexibility index (Phi) is 5.64. The average Bonchev–Trinajstić information content (AvgIpc) is 2.37. The van der Waals surface area contributed by atoms with Crippen molar-refractivity contribution in [3.63, 3.8) is 0 Å². The van der Waals surface area contributed by atoms with Gasteiger partial charge in [-0.2, -0.15) is 12.6 Å². The number of pyridine rings is 1. The van der Waals surface area contributed by atoms with Crippen molar-refractivity contribution in [2.45, 2.75) is 19.4 Å². The largest absolute Gasteiger partial charge is 0.480 e. The molecule has 18 heavy (non-hydrogen) atoms. The molecular formula is C12H16N2O3S. The van der Waals surface area contributed by atoms with Gasteiger partial charge in [0.2, 0.25) is 5.91 Å². The molecule has 1 aromatic rings. The number of aromatic nitrogens is 1. The molecule has 0 saturated carbocycles. The van der Waals surface area contributed by atoms with Crippen molar-refractivity contribution in [2.24, 2.45) is 5.92 Å². The Labute approximate surface area is 111 Å². The molecule has 2 atom stereocenters. The number of nitrogens with zero attached hydrogens (tertiary/aromatic N) is 1. The lowest BCUT2D eigenvalue weighted by molar-refractivity contribution is -0.142. The second kappa shape index (κ2) is 7.00. The number of amides is 1. The van der Waals surface area contributed by atoms with Gasteiger partial charge < -0.3 is 10.4 Å². The maximum Gasteiger partial charge on any atom is 0.326 e. The zero-order valence-corrected chi connectivity index (χ0v) is 10.9. The fourth-order valence-corrected chi connectivity index (χ4v) is 1.49. The van der Waals surface area contributed by atoms with Crippen LogP contribution in [0.3, 0.4) is 0 Å². The maximum absolute atomic E-state index is 11.6. The molecule has 1 aromatic heterocycles. The van der Waals surface area contributed by atoms with Gasteiger partial charge in [0.05, 0.1) is 0 Å². The van der Waals surface area contributed by atoms with Crippen molar-refractivity contribution in [1.29, 1.82) is 0 Å². The number of carboxylic acids is 1. The fraction of sp³-hybridized carbons (Fsp3) is 0.417. The van der Waals surface area contributed by atoms with Crippen LogP contribution in [-0.4, -0.2) is 33.8 Å². The minimum absolute atomic E-state index is 0.168. The van der Waals surface area contributed by atoms with Crippen LogP contribution in [0.4, 0.5) is 0 Å². The monoisotopic (exact) mass is 268 g/mol. The third-order valence-corrected chi connectivity index (χ3v) is 3.02. The van der Waals surface area contributed by atoms with Crippen molar-refractivity contribution < 1.29 is 14.7 Å². The van der Waals surface area contributed by atoms with Gasteiger partial charge >= 0.3 is 5.97 Å². The number of carbonyl (C=O) groups excluding carboxylic acids is 1. The van der Waals surface area contributed by atoms with Crippen LogP contribution in [-0.2, 0) is 16.0 Å². The van der Waals surface area contributed by atoms with Crippen molar-refractivity contribution in [3.05, 3.63) is 30.1 Å². The molecule has 1 rings (SSSR count). The Balaban J connectivity index is 2.67. The quantitative estimate of drug-likeness (QED) is 0.666. The summed E-state index contributed by atoms with van der Waals surface area (Å²) in [5.74, 6) is -1.32. The van der Waals surface area contributed by atoms with Crippen LogP contribution in [0.1, 0.15) is 12.6 Å². The van der Waals surface area contributed by atoms with E-state index in [-0.39, 0.29) is 18.2 Å². The highest BCUT2D eigenvalue weighted by molar-refractivity contribution is 7.80. The molecule has 0 fully saturated rings. The first-order chi connectivity index (χ1) is 8.54. The SMILES string of the molecule is CC(CS)C(=O)NC(Cc1ccccn1)C(=O)O. The molecule has 0 radical (unpaired) electrons. The minimum atomic E-state index is -1.07. The molecule has 0 aliphatic heterocycles. The van der Waals surface area contributed by atoms with Crippen molar-refractivity contribution in [3.8, 4) is 0 Å². The Morgan fingerprint density at radius 2 is 2.22 bits per heavy atom. The maximum atomic E-state index is 11.6. The first kappa shape index (κ1) is 14.5. The normalized spacial score (nSPS) is 13.7. The van der Waals surface area contributed by atoms with Gasteiger partial charge in [-0.15, -0.1) is 0 Å². The minimum Gasteiger partial charge on any atom is -0.480 e. The smallest absolute Gasteiger partial charge is 0.326 e. The Morgan fingerprint density at radius 3 is 2.72 bits per heavy atom. The van der Waals surface area contributed by atoms with Gasteiger partial charge in [0.1, 0.15) is 6.04 Å². The van der Waals surface area contributed by atoms with E-state index in [4.69, 9.17) is 5.11 Å². The molecule has 1 amide bonds. The van der Waals surface area contributed by atoms with Crippen LogP contribution >= 0.6 is 12.6 Å². The van der Waals surface area contributed by atoms with Crippen LogP contribution in [0.2, 0.25) is 0 Å². The zero-order valence-electron chi connectivity index (χ0n) is 10.0. The molecule has 0 aromatic carbocycles. The number of rotatable bonds is 6. The van der Waals surface area contributed by atoms with E-state index in [0.717, 1.165) is 0 Å². The predicted octanol–water partition coefficient (Wildman–Crippen LogP) is 0.759. The van der Waals surface area contributed by atoms with Gasteiger partial charge in [-0.1, -0.05) is 13.0 Å². The second-order valence-electron chi connectivity index (χ2n) is 4.01. The molecule has 98 valence electrons. The second-order valence-corrected chi connectivity index (χ2v) is 4.37. The highest BCUT2D eigenvalue weighted by Gasteiger charge is 2.23. The van der Waals surface area contributed by atoms with Gasteiger partial charge in [-0.05, 0) is 12.1 Å². The molecule has 1 heterocycles. The van der Waals surface area contributed by atoms with Crippen LogP contribution in [0.25, 0.3) is 0 Å². The van der Waals surface area contributed by atoms with Crippen LogP contribution in [0, 0.1) is 5.92 Å². The van der Waals surface area contributed by atoms with Gasteiger partial charge in [0.15, 0.2) is 0 Å². The number of carboxylic acid groups (broad SMARTS) is 1. The first-order valence-electron chi connectivity index (χ1n) is 5.58. The fourth-order valence-electron chi connectivity index (χ4n) is 1.32. The average molecular weight is 268 g/mol. The number of nitrogens with one attached hydrogen (secondary N) is 1.